The van der Waals surface area contributed by atoms with Crippen molar-refractivity contribution in [1.29, 1.82) is 0 Å². The smallest absolute Gasteiger partial charge is 0.160 e. The largest absolute Gasteiger partial charge is 0.369 e. The Bertz CT molecular complexity index is 1260. The van der Waals surface area contributed by atoms with Gasteiger partial charge in [-0.25, -0.2) is 13.4 Å². The van der Waals surface area contributed by atoms with E-state index in [9.17, 15) is 13.2 Å². The summed E-state index contributed by atoms with van der Waals surface area (Å²) in [4.78, 5) is 16.7. The first-order valence-corrected chi connectivity index (χ1v) is 12.9. The summed E-state index contributed by atoms with van der Waals surface area (Å²) in [6.07, 6.45) is 8.73. The number of carbonyl (C=O) groups excluding carboxylic acids is 1. The van der Waals surface area contributed by atoms with Gasteiger partial charge in [-0.1, -0.05) is 36.3 Å². The topological polar surface area (TPSA) is 102 Å². The third-order valence-corrected chi connectivity index (χ3v) is 6.72. The molecule has 8 heteroatoms. The van der Waals surface area contributed by atoms with Gasteiger partial charge in [-0.05, 0) is 48.3 Å². The first-order chi connectivity index (χ1) is 15.7. The minimum absolute atomic E-state index is 0.00359. The number of nitrogens with zero attached hydrogens (tertiary/aromatic N) is 2. The lowest BCUT2D eigenvalue weighted by atomic mass is 10.0. The van der Waals surface area contributed by atoms with Gasteiger partial charge in [0, 0.05) is 42.5 Å². The minimum atomic E-state index is -3.00. The number of sulfone groups is 1. The molecular weight excluding hydrogens is 438 g/mol. The van der Waals surface area contributed by atoms with E-state index in [-0.39, 0.29) is 17.0 Å². The maximum absolute atomic E-state index is 12.3. The summed E-state index contributed by atoms with van der Waals surface area (Å²) in [6, 6.07) is 13.4. The summed E-state index contributed by atoms with van der Waals surface area (Å²) in [7, 11) is -3.00. The normalized spacial score (nSPS) is 15.0. The number of hydrogen-bond acceptors (Lipinski definition) is 7. The van der Waals surface area contributed by atoms with Crippen LogP contribution in [0, 0.1) is 0 Å². The van der Waals surface area contributed by atoms with Gasteiger partial charge in [-0.15, -0.1) is 0 Å². The molecule has 3 aromatic rings. The monoisotopic (exact) mass is 465 g/mol. The van der Waals surface area contributed by atoms with Gasteiger partial charge in [0.25, 0.3) is 0 Å². The Morgan fingerprint density at radius 2 is 1.88 bits per heavy atom. The van der Waals surface area contributed by atoms with Crippen molar-refractivity contribution in [3.63, 3.8) is 0 Å². The number of rotatable bonds is 10. The average Bonchev–Trinajstić information content (AvgIpc) is 3.33. The third-order valence-electron chi connectivity index (χ3n) is 5.77. The molecule has 0 aliphatic heterocycles. The first kappa shape index (κ1) is 22.9. The molecule has 0 spiro atoms. The average molecular weight is 466 g/mol. The highest BCUT2D eigenvalue weighted by molar-refractivity contribution is 7.90. The molecule has 1 fully saturated rings. The molecule has 0 unspecified atom stereocenters. The molecule has 33 heavy (non-hydrogen) atoms. The molecule has 1 saturated carbocycles. The van der Waals surface area contributed by atoms with E-state index in [1.807, 2.05) is 42.5 Å². The van der Waals surface area contributed by atoms with Gasteiger partial charge in [-0.3, -0.25) is 4.79 Å². The molecule has 1 aliphatic rings. The van der Waals surface area contributed by atoms with Gasteiger partial charge in [0.15, 0.2) is 5.78 Å². The summed E-state index contributed by atoms with van der Waals surface area (Å²) >= 11 is 0. The number of carbonyl (C=O) groups is 1. The number of aromatic nitrogens is 2. The third kappa shape index (κ3) is 6.38. The predicted octanol–water partition coefficient (Wildman–Crippen LogP) is 4.07. The molecule has 7 nitrogen and oxygen atoms in total. The van der Waals surface area contributed by atoms with E-state index < -0.39 is 9.84 Å². The van der Waals surface area contributed by atoms with Crippen LogP contribution < -0.4 is 5.32 Å². The summed E-state index contributed by atoms with van der Waals surface area (Å²) in [5, 5.41) is 7.03. The van der Waals surface area contributed by atoms with Crippen LogP contribution in [0.25, 0.3) is 17.2 Å². The highest BCUT2D eigenvalue weighted by atomic mass is 32.2. The number of allylic oxidation sites excluding steroid dienone is 1. The van der Waals surface area contributed by atoms with Crippen LogP contribution in [0.2, 0.25) is 0 Å². The van der Waals surface area contributed by atoms with Gasteiger partial charge in [-0.2, -0.15) is 0 Å². The molecule has 2 heterocycles. The van der Waals surface area contributed by atoms with E-state index >= 15 is 0 Å². The van der Waals surface area contributed by atoms with Gasteiger partial charge >= 0.3 is 0 Å². The molecule has 1 aliphatic carbocycles. The van der Waals surface area contributed by atoms with Gasteiger partial charge in [0.05, 0.1) is 5.75 Å². The Kier molecular flexibility index (Phi) is 6.47. The Labute approximate surface area is 193 Å². The van der Waals surface area contributed by atoms with Gasteiger partial charge < -0.3 is 9.84 Å². The fraction of sp³-hybridized carbons (Fsp3) is 0.320. The fourth-order valence-electron chi connectivity index (χ4n) is 3.37. The minimum Gasteiger partial charge on any atom is -0.369 e. The lowest BCUT2D eigenvalue weighted by molar-refractivity contribution is -0.113. The van der Waals surface area contributed by atoms with Crippen molar-refractivity contribution >= 4 is 27.5 Å². The molecule has 0 amide bonds. The summed E-state index contributed by atoms with van der Waals surface area (Å²) in [5.41, 5.74) is 3.64. The number of benzene rings is 1. The molecule has 0 radical (unpaired) electrons. The molecular formula is C25H27N3O4S. The standard InChI is InChI=1S/C25H27N3O4S/c1-25(11-12-25)23-16-21(28-32-23)8-9-22(29)15-18-3-5-19(6-4-18)20-7-10-24(27-17-20)26-13-14-33(2,30)31/h3-10,16-17H,11-15H2,1-2H3,(H,26,27)/b9-8+. The summed E-state index contributed by atoms with van der Waals surface area (Å²) in [5.74, 6) is 1.57. The fourth-order valence-corrected chi connectivity index (χ4v) is 3.85. The van der Waals surface area contributed by atoms with Crippen molar-refractivity contribution in [2.24, 2.45) is 0 Å². The lowest BCUT2D eigenvalue weighted by Gasteiger charge is -2.07. The zero-order valence-electron chi connectivity index (χ0n) is 18.7. The van der Waals surface area contributed by atoms with E-state index in [4.69, 9.17) is 4.52 Å². The Morgan fingerprint density at radius 3 is 2.52 bits per heavy atom. The molecule has 1 aromatic carbocycles. The SMILES string of the molecule is CC1(c2cc(/C=C/C(=O)Cc3ccc(-c4ccc(NCCS(C)(=O)=O)nc4)cc3)no2)CC1. The number of nitrogens with one attached hydrogen (secondary N) is 1. The summed E-state index contributed by atoms with van der Waals surface area (Å²) < 4.78 is 27.8. The Balaban J connectivity index is 1.30. The van der Waals surface area contributed by atoms with Crippen molar-refractivity contribution in [3.05, 3.63) is 71.8 Å². The van der Waals surface area contributed by atoms with Crippen LogP contribution in [0.15, 0.2) is 59.3 Å². The van der Waals surface area contributed by atoms with E-state index in [1.165, 1.54) is 6.26 Å². The van der Waals surface area contributed by atoms with Crippen molar-refractivity contribution < 1.29 is 17.7 Å². The molecule has 0 atom stereocenters. The van der Waals surface area contributed by atoms with E-state index in [2.05, 4.69) is 22.4 Å². The van der Waals surface area contributed by atoms with Crippen molar-refractivity contribution in [2.75, 3.05) is 23.9 Å². The number of pyridine rings is 1. The van der Waals surface area contributed by atoms with Crippen LogP contribution in [0.3, 0.4) is 0 Å². The van der Waals surface area contributed by atoms with E-state index in [0.29, 0.717) is 24.5 Å². The van der Waals surface area contributed by atoms with Gasteiger partial charge in [0.2, 0.25) is 0 Å². The van der Waals surface area contributed by atoms with E-state index in [0.717, 1.165) is 35.3 Å². The molecule has 4 rings (SSSR count). The van der Waals surface area contributed by atoms with Crippen molar-refractivity contribution in [3.8, 4) is 11.1 Å². The number of ketones is 1. The van der Waals surface area contributed by atoms with Crippen LogP contribution in [0.4, 0.5) is 5.82 Å². The zero-order valence-corrected chi connectivity index (χ0v) is 19.6. The lowest BCUT2D eigenvalue weighted by Crippen LogP contribution is -2.14. The second-order valence-corrected chi connectivity index (χ2v) is 11.1. The maximum Gasteiger partial charge on any atom is 0.160 e. The Hall–Kier alpha value is -3.26. The van der Waals surface area contributed by atoms with E-state index in [1.54, 1.807) is 18.3 Å². The Morgan fingerprint density at radius 1 is 1.15 bits per heavy atom. The van der Waals surface area contributed by atoms with Crippen LogP contribution in [-0.4, -0.2) is 42.9 Å². The van der Waals surface area contributed by atoms with Crippen molar-refractivity contribution in [2.45, 2.75) is 31.6 Å². The molecule has 172 valence electrons. The zero-order chi connectivity index (χ0) is 23.5. The van der Waals surface area contributed by atoms with Crippen LogP contribution in [0.5, 0.6) is 0 Å². The summed E-state index contributed by atoms with van der Waals surface area (Å²) in [6.45, 7) is 2.47. The quantitative estimate of drug-likeness (QED) is 0.450. The highest BCUT2D eigenvalue weighted by Crippen LogP contribution is 2.47. The molecule has 0 saturated heterocycles. The predicted molar refractivity (Wildman–Crippen MR) is 129 cm³/mol. The van der Waals surface area contributed by atoms with Crippen molar-refractivity contribution in [1.82, 2.24) is 10.1 Å². The molecule has 1 N–H and O–H groups in total. The second kappa shape index (κ2) is 9.31. The van der Waals surface area contributed by atoms with Crippen LogP contribution >= 0.6 is 0 Å². The van der Waals surface area contributed by atoms with Crippen LogP contribution in [-0.2, 0) is 26.5 Å². The number of anilines is 1. The highest BCUT2D eigenvalue weighted by Gasteiger charge is 2.42. The first-order valence-electron chi connectivity index (χ1n) is 10.9. The van der Waals surface area contributed by atoms with Gasteiger partial charge in [0.1, 0.15) is 27.1 Å². The van der Waals surface area contributed by atoms with Crippen LogP contribution in [0.1, 0.15) is 36.8 Å². The second-order valence-electron chi connectivity index (χ2n) is 8.84. The molecule has 2 aromatic heterocycles. The maximum atomic E-state index is 12.3. The number of hydrogen-bond donors (Lipinski definition) is 1. The molecule has 0 bridgehead atoms.